The molecule has 0 saturated carbocycles. The summed E-state index contributed by atoms with van der Waals surface area (Å²) in [6.45, 7) is 6.34. The molecule has 1 aromatic rings. The van der Waals surface area contributed by atoms with Crippen LogP contribution in [0.3, 0.4) is 0 Å². The van der Waals surface area contributed by atoms with Crippen LogP contribution in [0.2, 0.25) is 0 Å². The molecule has 3 unspecified atom stereocenters. The second-order valence-corrected chi connectivity index (χ2v) is 6.19. The van der Waals surface area contributed by atoms with E-state index in [1.807, 2.05) is 25.0 Å². The first-order valence-corrected chi connectivity index (χ1v) is 7.52. The topological polar surface area (TPSA) is 56.3 Å². The Bertz CT molecular complexity index is 433. The quantitative estimate of drug-likeness (QED) is 0.892. The Hall–Kier alpha value is -0.910. The van der Waals surface area contributed by atoms with Crippen molar-refractivity contribution >= 4 is 0 Å². The van der Waals surface area contributed by atoms with Crippen molar-refractivity contribution in [1.29, 1.82) is 0 Å². The van der Waals surface area contributed by atoms with Gasteiger partial charge in [0.05, 0.1) is 17.8 Å². The van der Waals surface area contributed by atoms with Crippen LogP contribution < -0.4 is 5.73 Å². The molecule has 5 nitrogen and oxygen atoms in total. The first kappa shape index (κ1) is 15.5. The summed E-state index contributed by atoms with van der Waals surface area (Å²) in [5.74, 6) is 0. The van der Waals surface area contributed by atoms with Crippen LogP contribution >= 0.6 is 0 Å². The highest BCUT2D eigenvalue weighted by molar-refractivity contribution is 5.14. The fourth-order valence-electron chi connectivity index (χ4n) is 3.19. The van der Waals surface area contributed by atoms with Crippen molar-refractivity contribution < 1.29 is 4.74 Å². The molecular formula is C15H28N4O. The Morgan fingerprint density at radius 2 is 2.30 bits per heavy atom. The zero-order valence-electron chi connectivity index (χ0n) is 13.2. The molecule has 1 aliphatic heterocycles. The molecule has 1 aliphatic rings. The van der Waals surface area contributed by atoms with E-state index < -0.39 is 0 Å². The minimum Gasteiger partial charge on any atom is -0.377 e. The molecule has 5 heteroatoms. The van der Waals surface area contributed by atoms with Gasteiger partial charge in [-0.1, -0.05) is 6.92 Å². The Morgan fingerprint density at radius 3 is 2.85 bits per heavy atom. The van der Waals surface area contributed by atoms with Crippen LogP contribution in [0.5, 0.6) is 0 Å². The van der Waals surface area contributed by atoms with Gasteiger partial charge in [-0.05, 0) is 32.7 Å². The second-order valence-electron chi connectivity index (χ2n) is 6.19. The van der Waals surface area contributed by atoms with Crippen molar-refractivity contribution in [3.05, 3.63) is 18.0 Å². The maximum absolute atomic E-state index is 6.40. The summed E-state index contributed by atoms with van der Waals surface area (Å²) in [5.41, 5.74) is 7.55. The van der Waals surface area contributed by atoms with Crippen molar-refractivity contribution in [3.8, 4) is 0 Å². The zero-order valence-corrected chi connectivity index (χ0v) is 13.2. The normalized spacial score (nSPS) is 27.4. The number of hydrogen-bond acceptors (Lipinski definition) is 4. The number of methoxy groups -OCH3 is 1. The number of aryl methyl sites for hydroxylation is 1. The van der Waals surface area contributed by atoms with Crippen LogP contribution in [-0.4, -0.2) is 46.5 Å². The zero-order chi connectivity index (χ0) is 14.8. The number of ether oxygens (including phenoxy) is 1. The Kier molecular flexibility index (Phi) is 4.83. The van der Waals surface area contributed by atoms with Crippen LogP contribution in [0.15, 0.2) is 12.4 Å². The summed E-state index contributed by atoms with van der Waals surface area (Å²) in [5, 5.41) is 4.31. The summed E-state index contributed by atoms with van der Waals surface area (Å²) in [7, 11) is 3.76. The molecule has 2 rings (SSSR count). The number of aromatic nitrogens is 2. The molecule has 2 N–H and O–H groups in total. The molecule has 2 heterocycles. The van der Waals surface area contributed by atoms with Gasteiger partial charge in [-0.25, -0.2) is 0 Å². The van der Waals surface area contributed by atoms with E-state index in [0.717, 1.165) is 32.4 Å². The average Bonchev–Trinajstić information content (AvgIpc) is 2.85. The molecule has 0 aromatic carbocycles. The highest BCUT2D eigenvalue weighted by atomic mass is 16.5. The lowest BCUT2D eigenvalue weighted by atomic mass is 9.90. The summed E-state index contributed by atoms with van der Waals surface area (Å²) in [6.07, 6.45) is 7.25. The molecule has 114 valence electrons. The van der Waals surface area contributed by atoms with Gasteiger partial charge in [-0.2, -0.15) is 5.10 Å². The summed E-state index contributed by atoms with van der Waals surface area (Å²) >= 11 is 0. The number of nitrogens with zero attached hydrogens (tertiary/aromatic N) is 3. The van der Waals surface area contributed by atoms with Gasteiger partial charge in [0.2, 0.25) is 0 Å². The lowest BCUT2D eigenvalue weighted by molar-refractivity contribution is -0.0644. The van der Waals surface area contributed by atoms with Gasteiger partial charge in [0.25, 0.3) is 0 Å². The minimum absolute atomic E-state index is 0.0633. The average molecular weight is 280 g/mol. The number of likely N-dealkylation sites (tertiary alicyclic amines) is 1. The lowest BCUT2D eigenvalue weighted by Gasteiger charge is -2.44. The predicted molar refractivity (Wildman–Crippen MR) is 80.4 cm³/mol. The van der Waals surface area contributed by atoms with Gasteiger partial charge in [0.1, 0.15) is 0 Å². The second kappa shape index (κ2) is 6.24. The number of piperidine rings is 1. The van der Waals surface area contributed by atoms with Crippen molar-refractivity contribution in [3.63, 3.8) is 0 Å². The van der Waals surface area contributed by atoms with Crippen LogP contribution in [0.4, 0.5) is 0 Å². The van der Waals surface area contributed by atoms with Crippen molar-refractivity contribution in [1.82, 2.24) is 14.7 Å². The lowest BCUT2D eigenvalue weighted by Crippen LogP contribution is -2.52. The van der Waals surface area contributed by atoms with Crippen LogP contribution in [-0.2, 0) is 11.8 Å². The van der Waals surface area contributed by atoms with E-state index in [1.54, 1.807) is 0 Å². The third-order valence-corrected chi connectivity index (χ3v) is 4.52. The van der Waals surface area contributed by atoms with E-state index in [0.29, 0.717) is 0 Å². The SMILES string of the molecule is CCC(N)C(c1cnn(C)c1)N1CCCC(C)(OC)C1. The molecule has 0 aliphatic carbocycles. The van der Waals surface area contributed by atoms with E-state index >= 15 is 0 Å². The Morgan fingerprint density at radius 1 is 1.55 bits per heavy atom. The fourth-order valence-corrected chi connectivity index (χ4v) is 3.19. The van der Waals surface area contributed by atoms with E-state index in [4.69, 9.17) is 10.5 Å². The smallest absolute Gasteiger partial charge is 0.0777 e. The van der Waals surface area contributed by atoms with Gasteiger partial charge in [0, 0.05) is 38.5 Å². The molecule has 1 fully saturated rings. The Balaban J connectivity index is 2.23. The number of rotatable bonds is 5. The van der Waals surface area contributed by atoms with Crippen LogP contribution in [0.25, 0.3) is 0 Å². The van der Waals surface area contributed by atoms with Crippen molar-refractivity contribution in [2.75, 3.05) is 20.2 Å². The largest absolute Gasteiger partial charge is 0.377 e. The van der Waals surface area contributed by atoms with Gasteiger partial charge >= 0.3 is 0 Å². The van der Waals surface area contributed by atoms with Crippen molar-refractivity contribution in [2.24, 2.45) is 12.8 Å². The third kappa shape index (κ3) is 3.22. The van der Waals surface area contributed by atoms with E-state index in [2.05, 4.69) is 30.0 Å². The first-order valence-electron chi connectivity index (χ1n) is 7.52. The fraction of sp³-hybridized carbons (Fsp3) is 0.800. The van der Waals surface area contributed by atoms with E-state index in [9.17, 15) is 0 Å². The van der Waals surface area contributed by atoms with Gasteiger partial charge in [-0.15, -0.1) is 0 Å². The standard InChI is InChI=1S/C15H28N4O/c1-5-13(16)14(12-9-17-18(3)10-12)19-8-6-7-15(2,11-19)20-4/h9-10,13-14H,5-8,11,16H2,1-4H3. The molecule has 1 saturated heterocycles. The van der Waals surface area contributed by atoms with Crippen LogP contribution in [0.1, 0.15) is 44.7 Å². The highest BCUT2D eigenvalue weighted by Crippen LogP contribution is 2.32. The monoisotopic (exact) mass is 280 g/mol. The number of nitrogens with two attached hydrogens (primary N) is 1. The summed E-state index contributed by atoms with van der Waals surface area (Å²) in [4.78, 5) is 2.47. The third-order valence-electron chi connectivity index (χ3n) is 4.52. The predicted octanol–water partition coefficient (Wildman–Crippen LogP) is 1.70. The molecule has 1 aromatic heterocycles. The Labute approximate surface area is 122 Å². The molecule has 0 bridgehead atoms. The molecule has 0 radical (unpaired) electrons. The van der Waals surface area contributed by atoms with E-state index in [1.165, 1.54) is 5.56 Å². The van der Waals surface area contributed by atoms with Crippen LogP contribution in [0, 0.1) is 0 Å². The van der Waals surface area contributed by atoms with Gasteiger partial charge in [-0.3, -0.25) is 9.58 Å². The van der Waals surface area contributed by atoms with E-state index in [-0.39, 0.29) is 17.7 Å². The highest BCUT2D eigenvalue weighted by Gasteiger charge is 2.36. The number of hydrogen-bond donors (Lipinski definition) is 1. The first-order chi connectivity index (χ1) is 9.49. The van der Waals surface area contributed by atoms with Crippen molar-refractivity contribution in [2.45, 2.75) is 50.8 Å². The molecule has 0 spiro atoms. The van der Waals surface area contributed by atoms with Gasteiger partial charge in [0.15, 0.2) is 0 Å². The summed E-state index contributed by atoms with van der Waals surface area (Å²) < 4.78 is 7.56. The molecule has 20 heavy (non-hydrogen) atoms. The maximum atomic E-state index is 6.40. The molecular weight excluding hydrogens is 252 g/mol. The minimum atomic E-state index is -0.0633. The maximum Gasteiger partial charge on any atom is 0.0777 e. The van der Waals surface area contributed by atoms with Gasteiger partial charge < -0.3 is 10.5 Å². The molecule has 3 atom stereocenters. The summed E-state index contributed by atoms with van der Waals surface area (Å²) in [6, 6.07) is 0.349. The molecule has 0 amide bonds.